The van der Waals surface area contributed by atoms with E-state index in [0.29, 0.717) is 21.7 Å². The van der Waals surface area contributed by atoms with E-state index in [2.05, 4.69) is 0 Å². The third-order valence-electron chi connectivity index (χ3n) is 2.76. The van der Waals surface area contributed by atoms with Gasteiger partial charge >= 0.3 is 0 Å². The largest absolute Gasteiger partial charge is 0.268 e. The van der Waals surface area contributed by atoms with Crippen molar-refractivity contribution >= 4 is 28.2 Å². The fourth-order valence-corrected chi connectivity index (χ4v) is 2.78. The van der Waals surface area contributed by atoms with Crippen molar-refractivity contribution in [1.82, 2.24) is 0 Å². The quantitative estimate of drug-likeness (QED) is 0.734. The first-order valence-corrected chi connectivity index (χ1v) is 6.07. The summed E-state index contributed by atoms with van der Waals surface area (Å²) >= 11 is 1.21. The maximum absolute atomic E-state index is 12.2. The second-order valence-electron chi connectivity index (χ2n) is 3.74. The second kappa shape index (κ2) is 3.79. The Morgan fingerprint density at radius 3 is 2.22 bits per heavy atom. The molecule has 0 spiro atoms. The number of fused-ring (bicyclic) bond motifs is 1. The van der Waals surface area contributed by atoms with Crippen LogP contribution in [-0.4, -0.2) is 11.8 Å². The molecule has 1 aliphatic rings. The molecular formula is C13H6N2O2S. The van der Waals surface area contributed by atoms with Gasteiger partial charge in [-0.05, 0) is 23.6 Å². The Labute approximate surface area is 107 Å². The van der Waals surface area contributed by atoms with Crippen LogP contribution in [0.3, 0.4) is 0 Å². The molecule has 86 valence electrons. The van der Waals surface area contributed by atoms with Crippen LogP contribution in [0.2, 0.25) is 0 Å². The van der Waals surface area contributed by atoms with Crippen LogP contribution >= 0.6 is 11.3 Å². The lowest BCUT2D eigenvalue weighted by Crippen LogP contribution is -2.29. The van der Waals surface area contributed by atoms with E-state index >= 15 is 0 Å². The van der Waals surface area contributed by atoms with Gasteiger partial charge in [0.25, 0.3) is 11.8 Å². The molecule has 0 N–H and O–H groups in total. The molecule has 1 aromatic carbocycles. The lowest BCUT2D eigenvalue weighted by molar-refractivity contribution is 0.0927. The first-order valence-electron chi connectivity index (χ1n) is 5.19. The van der Waals surface area contributed by atoms with Gasteiger partial charge < -0.3 is 0 Å². The summed E-state index contributed by atoms with van der Waals surface area (Å²) in [6.45, 7) is 0. The maximum Gasteiger partial charge on any atom is 0.266 e. The molecule has 0 unspecified atom stereocenters. The zero-order valence-electron chi connectivity index (χ0n) is 9.08. The number of nitrogens with zero attached hydrogens (tertiary/aromatic N) is 2. The molecule has 0 saturated carbocycles. The number of anilines is 1. The molecule has 1 aromatic heterocycles. The minimum Gasteiger partial charge on any atom is -0.268 e. The van der Waals surface area contributed by atoms with Crippen molar-refractivity contribution in [2.75, 3.05) is 4.90 Å². The van der Waals surface area contributed by atoms with Crippen LogP contribution in [0.25, 0.3) is 0 Å². The highest BCUT2D eigenvalue weighted by atomic mass is 32.1. The summed E-state index contributed by atoms with van der Waals surface area (Å²) in [5, 5.41) is 11.0. The van der Waals surface area contributed by atoms with Crippen LogP contribution in [0, 0.1) is 11.3 Å². The van der Waals surface area contributed by atoms with E-state index in [1.807, 2.05) is 6.07 Å². The molecule has 4 nitrogen and oxygen atoms in total. The molecule has 2 aromatic rings. The summed E-state index contributed by atoms with van der Waals surface area (Å²) in [6, 6.07) is 10.3. The number of nitriles is 1. The molecule has 0 aliphatic carbocycles. The Hall–Kier alpha value is -2.45. The number of carbonyl (C=O) groups is 2. The van der Waals surface area contributed by atoms with Crippen molar-refractivity contribution in [3.8, 4) is 6.07 Å². The summed E-state index contributed by atoms with van der Waals surface area (Å²) in [4.78, 5) is 25.4. The Kier molecular flexibility index (Phi) is 2.25. The number of hydrogen-bond donors (Lipinski definition) is 0. The number of amides is 2. The van der Waals surface area contributed by atoms with E-state index in [9.17, 15) is 9.59 Å². The summed E-state index contributed by atoms with van der Waals surface area (Å²) in [6.07, 6.45) is 0. The number of carbonyl (C=O) groups excluding carboxylic acids is 2. The maximum atomic E-state index is 12.2. The molecular weight excluding hydrogens is 248 g/mol. The molecule has 2 amide bonds. The molecule has 0 atom stereocenters. The third-order valence-corrected chi connectivity index (χ3v) is 3.66. The van der Waals surface area contributed by atoms with Crippen LogP contribution in [0.5, 0.6) is 0 Å². The van der Waals surface area contributed by atoms with Gasteiger partial charge in [-0.25, -0.2) is 4.90 Å². The smallest absolute Gasteiger partial charge is 0.266 e. The summed E-state index contributed by atoms with van der Waals surface area (Å²) in [5.74, 6) is -0.732. The number of rotatable bonds is 1. The van der Waals surface area contributed by atoms with E-state index in [1.165, 1.54) is 11.3 Å². The molecule has 5 heteroatoms. The van der Waals surface area contributed by atoms with E-state index in [4.69, 9.17) is 5.26 Å². The molecule has 0 fully saturated rings. The van der Waals surface area contributed by atoms with Crippen molar-refractivity contribution < 1.29 is 9.59 Å². The van der Waals surface area contributed by atoms with Gasteiger partial charge in [-0.3, -0.25) is 9.59 Å². The zero-order chi connectivity index (χ0) is 12.7. The number of imide groups is 1. The van der Waals surface area contributed by atoms with Gasteiger partial charge in [0.15, 0.2) is 0 Å². The number of thiophene rings is 1. The minimum atomic E-state index is -0.366. The van der Waals surface area contributed by atoms with E-state index in [1.54, 1.807) is 35.7 Å². The Bertz CT molecular complexity index is 677. The van der Waals surface area contributed by atoms with Crippen molar-refractivity contribution in [3.63, 3.8) is 0 Å². The molecule has 1 aliphatic heterocycles. The van der Waals surface area contributed by atoms with Crippen LogP contribution in [0.15, 0.2) is 35.7 Å². The Balaban J connectivity index is 2.16. The summed E-state index contributed by atoms with van der Waals surface area (Å²) < 4.78 is 0. The summed E-state index contributed by atoms with van der Waals surface area (Å²) in [7, 11) is 0. The van der Waals surface area contributed by atoms with Crippen molar-refractivity contribution in [3.05, 3.63) is 52.4 Å². The standard InChI is InChI=1S/C13H6N2O2S/c14-7-8-5-6-18-13(8)15-11(16)9-3-1-2-4-10(9)12(15)17/h1-6H. The average Bonchev–Trinajstić information content (AvgIpc) is 2.95. The molecule has 0 bridgehead atoms. The minimum absolute atomic E-state index is 0.342. The fourth-order valence-electron chi connectivity index (χ4n) is 1.93. The van der Waals surface area contributed by atoms with Crippen molar-refractivity contribution in [1.29, 1.82) is 5.26 Å². The molecule has 2 heterocycles. The first-order chi connectivity index (χ1) is 8.74. The van der Waals surface area contributed by atoms with E-state index in [0.717, 1.165) is 4.90 Å². The van der Waals surface area contributed by atoms with E-state index < -0.39 is 0 Å². The predicted molar refractivity (Wildman–Crippen MR) is 66.6 cm³/mol. The highest BCUT2D eigenvalue weighted by molar-refractivity contribution is 7.15. The van der Waals surface area contributed by atoms with Crippen molar-refractivity contribution in [2.45, 2.75) is 0 Å². The lowest BCUT2D eigenvalue weighted by atomic mass is 10.1. The zero-order valence-corrected chi connectivity index (χ0v) is 9.90. The Morgan fingerprint density at radius 2 is 1.67 bits per heavy atom. The van der Waals surface area contributed by atoms with Gasteiger partial charge in [0.1, 0.15) is 11.1 Å². The molecule has 0 saturated heterocycles. The van der Waals surface area contributed by atoms with Gasteiger partial charge in [-0.1, -0.05) is 12.1 Å². The van der Waals surface area contributed by atoms with E-state index in [-0.39, 0.29) is 11.8 Å². The van der Waals surface area contributed by atoms with Crippen molar-refractivity contribution in [2.24, 2.45) is 0 Å². The molecule has 0 radical (unpaired) electrons. The molecule has 18 heavy (non-hydrogen) atoms. The fraction of sp³-hybridized carbons (Fsp3) is 0. The predicted octanol–water partition coefficient (Wildman–Crippen LogP) is 2.42. The average molecular weight is 254 g/mol. The highest BCUT2D eigenvalue weighted by Crippen LogP contribution is 2.34. The van der Waals surface area contributed by atoms with Crippen LogP contribution in [0.1, 0.15) is 26.3 Å². The molecule has 3 rings (SSSR count). The first kappa shape index (κ1) is 10.7. The van der Waals surface area contributed by atoms with Gasteiger partial charge in [0.2, 0.25) is 0 Å². The van der Waals surface area contributed by atoms with Crippen LogP contribution < -0.4 is 4.90 Å². The van der Waals surface area contributed by atoms with Crippen LogP contribution in [0.4, 0.5) is 5.00 Å². The highest BCUT2D eigenvalue weighted by Gasteiger charge is 2.37. The topological polar surface area (TPSA) is 61.2 Å². The van der Waals surface area contributed by atoms with Gasteiger partial charge in [0, 0.05) is 0 Å². The van der Waals surface area contributed by atoms with Gasteiger partial charge in [-0.15, -0.1) is 11.3 Å². The number of benzene rings is 1. The second-order valence-corrected chi connectivity index (χ2v) is 4.64. The van der Waals surface area contributed by atoms with Gasteiger partial charge in [-0.2, -0.15) is 5.26 Å². The van der Waals surface area contributed by atoms with Gasteiger partial charge in [0.05, 0.1) is 16.7 Å². The summed E-state index contributed by atoms with van der Waals surface area (Å²) in [5.41, 5.74) is 1.12. The Morgan fingerprint density at radius 1 is 1.06 bits per heavy atom. The van der Waals surface area contributed by atoms with Crippen LogP contribution in [-0.2, 0) is 0 Å². The SMILES string of the molecule is N#Cc1ccsc1N1C(=O)c2ccccc2C1=O. The lowest BCUT2D eigenvalue weighted by Gasteiger charge is -2.11. The normalized spacial score (nSPS) is 13.6. The third kappa shape index (κ3) is 1.30. The number of hydrogen-bond acceptors (Lipinski definition) is 4. The monoisotopic (exact) mass is 254 g/mol.